The molecule has 1 heterocycles. The minimum atomic E-state index is -1.43. The van der Waals surface area contributed by atoms with Crippen LogP contribution >= 0.6 is 15.9 Å². The SMILES string of the molecule is Cc1[nH]c2c(F)cc(Br)cc2c1CC(O)O. The number of aliphatic hydroxyl groups excluding tert-OH is 1. The Balaban J connectivity index is 2.68. The predicted molar refractivity (Wildman–Crippen MR) is 62.6 cm³/mol. The standard InChI is InChI=1S/C11H11BrFNO2/c1-5-7(4-10(15)16)8-2-6(12)3-9(13)11(8)14-5/h2-3,10,14-16H,4H2,1H3. The summed E-state index contributed by atoms with van der Waals surface area (Å²) < 4.78 is 14.2. The first-order valence-corrected chi connectivity index (χ1v) is 5.60. The van der Waals surface area contributed by atoms with E-state index in [4.69, 9.17) is 10.2 Å². The third-order valence-electron chi connectivity index (χ3n) is 2.53. The molecule has 0 fully saturated rings. The van der Waals surface area contributed by atoms with E-state index in [1.807, 2.05) is 0 Å². The van der Waals surface area contributed by atoms with Gasteiger partial charge in [-0.1, -0.05) is 15.9 Å². The van der Waals surface area contributed by atoms with Crippen LogP contribution in [0.4, 0.5) is 4.39 Å². The van der Waals surface area contributed by atoms with Gasteiger partial charge in [-0.2, -0.15) is 0 Å². The summed E-state index contributed by atoms with van der Waals surface area (Å²) in [7, 11) is 0. The Morgan fingerprint density at radius 3 is 2.75 bits per heavy atom. The van der Waals surface area contributed by atoms with Crippen LogP contribution in [0.3, 0.4) is 0 Å². The second-order valence-electron chi connectivity index (χ2n) is 3.72. The number of aromatic amines is 1. The fourth-order valence-corrected chi connectivity index (χ4v) is 2.28. The summed E-state index contributed by atoms with van der Waals surface area (Å²) in [6.07, 6.45) is -1.35. The zero-order valence-electron chi connectivity index (χ0n) is 8.59. The highest BCUT2D eigenvalue weighted by atomic mass is 79.9. The molecule has 1 aromatic heterocycles. The van der Waals surface area contributed by atoms with Crippen molar-refractivity contribution in [2.75, 3.05) is 0 Å². The van der Waals surface area contributed by atoms with Crippen molar-refractivity contribution in [3.63, 3.8) is 0 Å². The average Bonchev–Trinajstić information content (AvgIpc) is 2.45. The molecule has 0 radical (unpaired) electrons. The van der Waals surface area contributed by atoms with Crippen LogP contribution in [-0.4, -0.2) is 21.5 Å². The molecule has 16 heavy (non-hydrogen) atoms. The highest BCUT2D eigenvalue weighted by Crippen LogP contribution is 2.28. The fourth-order valence-electron chi connectivity index (χ4n) is 1.85. The zero-order chi connectivity index (χ0) is 11.9. The van der Waals surface area contributed by atoms with E-state index in [1.165, 1.54) is 6.07 Å². The number of fused-ring (bicyclic) bond motifs is 1. The van der Waals surface area contributed by atoms with Gasteiger partial charge in [0.2, 0.25) is 0 Å². The van der Waals surface area contributed by atoms with Crippen LogP contribution in [0.5, 0.6) is 0 Å². The van der Waals surface area contributed by atoms with Gasteiger partial charge >= 0.3 is 0 Å². The first-order chi connectivity index (χ1) is 7.49. The van der Waals surface area contributed by atoms with Gasteiger partial charge in [-0.25, -0.2) is 4.39 Å². The molecule has 5 heteroatoms. The summed E-state index contributed by atoms with van der Waals surface area (Å²) in [5, 5.41) is 18.6. The molecule has 0 aliphatic carbocycles. The molecule has 0 bridgehead atoms. The van der Waals surface area contributed by atoms with Crippen molar-refractivity contribution in [3.05, 3.63) is 33.7 Å². The van der Waals surface area contributed by atoms with E-state index in [0.717, 1.165) is 11.3 Å². The molecule has 0 aliphatic heterocycles. The summed E-state index contributed by atoms with van der Waals surface area (Å²) in [6.45, 7) is 1.78. The number of benzene rings is 1. The lowest BCUT2D eigenvalue weighted by Gasteiger charge is -2.03. The first-order valence-electron chi connectivity index (χ1n) is 4.81. The van der Waals surface area contributed by atoms with Crippen molar-refractivity contribution >= 4 is 26.8 Å². The first kappa shape index (κ1) is 11.6. The van der Waals surface area contributed by atoms with Crippen molar-refractivity contribution in [2.24, 2.45) is 0 Å². The van der Waals surface area contributed by atoms with E-state index in [-0.39, 0.29) is 12.2 Å². The summed E-state index contributed by atoms with van der Waals surface area (Å²) in [5.41, 5.74) is 1.88. The Bertz CT molecular complexity index is 536. The van der Waals surface area contributed by atoms with Gasteiger partial charge in [-0.15, -0.1) is 0 Å². The van der Waals surface area contributed by atoms with Crippen LogP contribution in [0.25, 0.3) is 10.9 Å². The van der Waals surface area contributed by atoms with E-state index in [0.29, 0.717) is 15.4 Å². The van der Waals surface area contributed by atoms with Gasteiger partial charge in [-0.05, 0) is 24.6 Å². The molecule has 3 nitrogen and oxygen atoms in total. The number of halogens is 2. The highest BCUT2D eigenvalue weighted by Gasteiger charge is 2.14. The molecule has 0 saturated heterocycles. The molecular formula is C11H11BrFNO2. The molecule has 0 amide bonds. The minimum absolute atomic E-state index is 0.0850. The zero-order valence-corrected chi connectivity index (χ0v) is 10.2. The topological polar surface area (TPSA) is 56.2 Å². The molecule has 3 N–H and O–H groups in total. The van der Waals surface area contributed by atoms with E-state index in [1.54, 1.807) is 13.0 Å². The quantitative estimate of drug-likeness (QED) is 0.742. The fraction of sp³-hybridized carbons (Fsp3) is 0.273. The van der Waals surface area contributed by atoms with Gasteiger partial charge in [0.05, 0.1) is 5.52 Å². The highest BCUT2D eigenvalue weighted by molar-refractivity contribution is 9.10. The maximum atomic E-state index is 13.6. The third kappa shape index (κ3) is 1.98. The number of hydrogen-bond acceptors (Lipinski definition) is 2. The van der Waals surface area contributed by atoms with Gasteiger partial charge < -0.3 is 15.2 Å². The van der Waals surface area contributed by atoms with Gasteiger partial charge in [0.1, 0.15) is 5.82 Å². The number of H-pyrrole nitrogens is 1. The second kappa shape index (κ2) is 4.16. The largest absolute Gasteiger partial charge is 0.368 e. The Kier molecular flexibility index (Phi) is 3.01. The maximum Gasteiger partial charge on any atom is 0.155 e. The van der Waals surface area contributed by atoms with Crippen LogP contribution in [0.2, 0.25) is 0 Å². The van der Waals surface area contributed by atoms with Gasteiger partial charge in [0, 0.05) is 22.0 Å². The van der Waals surface area contributed by atoms with Gasteiger partial charge in [0.15, 0.2) is 6.29 Å². The number of rotatable bonds is 2. The summed E-state index contributed by atoms with van der Waals surface area (Å²) in [6, 6.07) is 3.14. The van der Waals surface area contributed by atoms with E-state index < -0.39 is 6.29 Å². The molecule has 0 unspecified atom stereocenters. The Hall–Kier alpha value is -0.910. The smallest absolute Gasteiger partial charge is 0.155 e. The molecule has 0 aliphatic rings. The molecule has 86 valence electrons. The molecule has 0 saturated carbocycles. The molecule has 2 aromatic rings. The normalized spacial score (nSPS) is 11.6. The minimum Gasteiger partial charge on any atom is -0.368 e. The molecule has 2 rings (SSSR count). The van der Waals surface area contributed by atoms with E-state index >= 15 is 0 Å². The summed E-state index contributed by atoms with van der Waals surface area (Å²) in [4.78, 5) is 2.91. The van der Waals surface area contributed by atoms with Crippen molar-refractivity contribution < 1.29 is 14.6 Å². The Morgan fingerprint density at radius 2 is 2.12 bits per heavy atom. The second-order valence-corrected chi connectivity index (χ2v) is 4.64. The lowest BCUT2D eigenvalue weighted by Crippen LogP contribution is -2.08. The van der Waals surface area contributed by atoms with Crippen LogP contribution in [0, 0.1) is 12.7 Å². The van der Waals surface area contributed by atoms with Crippen LogP contribution in [-0.2, 0) is 6.42 Å². The molecular weight excluding hydrogens is 277 g/mol. The monoisotopic (exact) mass is 287 g/mol. The van der Waals surface area contributed by atoms with Crippen molar-refractivity contribution in [1.29, 1.82) is 0 Å². The Labute approximate surface area is 100 Å². The van der Waals surface area contributed by atoms with Crippen molar-refractivity contribution in [2.45, 2.75) is 19.6 Å². The lowest BCUT2D eigenvalue weighted by atomic mass is 10.1. The average molecular weight is 288 g/mol. The molecule has 1 aromatic carbocycles. The Morgan fingerprint density at radius 1 is 1.44 bits per heavy atom. The number of nitrogens with one attached hydrogen (secondary N) is 1. The predicted octanol–water partition coefficient (Wildman–Crippen LogP) is 2.23. The van der Waals surface area contributed by atoms with Crippen LogP contribution in [0.1, 0.15) is 11.3 Å². The maximum absolute atomic E-state index is 13.6. The van der Waals surface area contributed by atoms with Crippen molar-refractivity contribution in [1.82, 2.24) is 4.98 Å². The number of hydrogen-bond donors (Lipinski definition) is 3. The molecule has 0 spiro atoms. The summed E-state index contributed by atoms with van der Waals surface area (Å²) >= 11 is 3.21. The van der Waals surface area contributed by atoms with Crippen molar-refractivity contribution in [3.8, 4) is 0 Å². The number of aromatic nitrogens is 1. The van der Waals surface area contributed by atoms with Crippen LogP contribution < -0.4 is 0 Å². The van der Waals surface area contributed by atoms with Crippen LogP contribution in [0.15, 0.2) is 16.6 Å². The van der Waals surface area contributed by atoms with E-state index in [2.05, 4.69) is 20.9 Å². The van der Waals surface area contributed by atoms with E-state index in [9.17, 15) is 4.39 Å². The van der Waals surface area contributed by atoms with Gasteiger partial charge in [-0.3, -0.25) is 0 Å². The number of aryl methyl sites for hydroxylation is 1. The van der Waals surface area contributed by atoms with Gasteiger partial charge in [0.25, 0.3) is 0 Å². The number of aliphatic hydroxyl groups is 2. The lowest BCUT2D eigenvalue weighted by molar-refractivity contribution is -0.0380. The molecule has 0 atom stereocenters. The third-order valence-corrected chi connectivity index (χ3v) is 2.99. The summed E-state index contributed by atoms with van der Waals surface area (Å²) in [5.74, 6) is -0.355.